The molecule has 7 heteroatoms. The second-order valence-electron chi connectivity index (χ2n) is 6.20. The van der Waals surface area contributed by atoms with E-state index in [-0.39, 0.29) is 19.0 Å². The second kappa shape index (κ2) is 6.81. The predicted molar refractivity (Wildman–Crippen MR) is 83.5 cm³/mol. The van der Waals surface area contributed by atoms with E-state index in [1.807, 2.05) is 6.92 Å². The van der Waals surface area contributed by atoms with Crippen molar-refractivity contribution in [3.8, 4) is 0 Å². The number of nitrogens with zero attached hydrogens (tertiary/aromatic N) is 1. The van der Waals surface area contributed by atoms with Crippen LogP contribution in [0.2, 0.25) is 0 Å². The Morgan fingerprint density at radius 2 is 1.96 bits per heavy atom. The number of aliphatic hydroxyl groups is 1. The number of likely N-dealkylation sites (tertiary alicyclic amines) is 1. The highest BCUT2D eigenvalue weighted by atomic mass is 32.1. The van der Waals surface area contributed by atoms with Crippen molar-refractivity contribution in [1.29, 1.82) is 0 Å². The van der Waals surface area contributed by atoms with Gasteiger partial charge < -0.3 is 10.0 Å². The molecule has 2 heterocycles. The minimum Gasteiger partial charge on any atom is -0.380 e. The first-order chi connectivity index (χ1) is 10.6. The van der Waals surface area contributed by atoms with Crippen molar-refractivity contribution in [2.24, 2.45) is 0 Å². The number of amides is 1. The molecule has 1 aliphatic heterocycles. The predicted octanol–water partition coefficient (Wildman–Crippen LogP) is 3.60. The fraction of sp³-hybridized carbons (Fsp3) is 0.688. The zero-order chi connectivity index (χ0) is 17.3. The van der Waals surface area contributed by atoms with E-state index in [9.17, 15) is 23.1 Å². The third-order valence-electron chi connectivity index (χ3n) is 4.45. The fourth-order valence-electron chi connectivity index (χ4n) is 2.93. The monoisotopic (exact) mass is 349 g/mol. The van der Waals surface area contributed by atoms with Crippen LogP contribution < -0.4 is 0 Å². The van der Waals surface area contributed by atoms with Gasteiger partial charge in [-0.25, -0.2) is 0 Å². The first-order valence-electron chi connectivity index (χ1n) is 7.75. The van der Waals surface area contributed by atoms with E-state index in [1.165, 1.54) is 20.2 Å². The van der Waals surface area contributed by atoms with Crippen LogP contribution in [0.1, 0.15) is 41.0 Å². The van der Waals surface area contributed by atoms with Crippen LogP contribution in [-0.2, 0) is 11.2 Å². The normalized spacial score (nSPS) is 18.3. The van der Waals surface area contributed by atoms with Crippen LogP contribution in [0.5, 0.6) is 0 Å². The lowest BCUT2D eigenvalue weighted by Gasteiger charge is -2.39. The van der Waals surface area contributed by atoms with Gasteiger partial charge in [0.2, 0.25) is 5.91 Å². The minimum atomic E-state index is -4.63. The number of carbonyl (C=O) groups excluding carboxylic acids is 1. The van der Waals surface area contributed by atoms with E-state index >= 15 is 0 Å². The van der Waals surface area contributed by atoms with Crippen LogP contribution in [0.4, 0.5) is 13.2 Å². The summed E-state index contributed by atoms with van der Waals surface area (Å²) >= 11 is 1.73. The lowest BCUT2D eigenvalue weighted by Crippen LogP contribution is -2.54. The molecular weight excluding hydrogens is 327 g/mol. The van der Waals surface area contributed by atoms with Crippen LogP contribution in [0.15, 0.2) is 6.07 Å². The summed E-state index contributed by atoms with van der Waals surface area (Å²) in [5.74, 6) is -0.126. The van der Waals surface area contributed by atoms with Gasteiger partial charge in [-0.05, 0) is 38.3 Å². The fourth-order valence-corrected chi connectivity index (χ4v) is 3.91. The van der Waals surface area contributed by atoms with Crippen molar-refractivity contribution in [3.63, 3.8) is 0 Å². The summed E-state index contributed by atoms with van der Waals surface area (Å²) in [6, 6.07) is 2.12. The Morgan fingerprint density at radius 3 is 2.43 bits per heavy atom. The molecule has 1 N–H and O–H groups in total. The lowest BCUT2D eigenvalue weighted by molar-refractivity contribution is -0.272. The van der Waals surface area contributed by atoms with Gasteiger partial charge in [0, 0.05) is 42.1 Å². The van der Waals surface area contributed by atoms with Gasteiger partial charge in [-0.1, -0.05) is 0 Å². The molecule has 1 aromatic rings. The largest absolute Gasteiger partial charge is 0.417 e. The van der Waals surface area contributed by atoms with Crippen LogP contribution in [0.25, 0.3) is 0 Å². The molecule has 0 radical (unpaired) electrons. The molecule has 1 saturated heterocycles. The molecular formula is C16H22F3NO2S. The third kappa shape index (κ3) is 4.26. The van der Waals surface area contributed by atoms with Crippen molar-refractivity contribution in [1.82, 2.24) is 4.90 Å². The summed E-state index contributed by atoms with van der Waals surface area (Å²) in [5.41, 5.74) is -1.40. The standard InChI is InChI=1S/C16H22F3NO2S/c1-11-10-13(12(2)23-11)4-3-5-14(21)20-8-6-15(22,7-9-20)16(17,18)19/h10,22H,3-9H2,1-2H3. The molecule has 130 valence electrons. The van der Waals surface area contributed by atoms with E-state index in [0.29, 0.717) is 12.8 Å². The number of aryl methyl sites for hydroxylation is 3. The summed E-state index contributed by atoms with van der Waals surface area (Å²) in [5, 5.41) is 9.60. The quantitative estimate of drug-likeness (QED) is 0.902. The highest BCUT2D eigenvalue weighted by molar-refractivity contribution is 7.12. The first-order valence-corrected chi connectivity index (χ1v) is 8.57. The van der Waals surface area contributed by atoms with E-state index in [2.05, 4.69) is 13.0 Å². The van der Waals surface area contributed by atoms with Gasteiger partial charge in [-0.3, -0.25) is 4.79 Å². The molecule has 23 heavy (non-hydrogen) atoms. The molecule has 0 atom stereocenters. The minimum absolute atomic E-state index is 0.0363. The summed E-state index contributed by atoms with van der Waals surface area (Å²) in [4.78, 5) is 16.0. The van der Waals surface area contributed by atoms with Crippen molar-refractivity contribution in [2.45, 2.75) is 57.7 Å². The number of piperidine rings is 1. The number of hydrogen-bond acceptors (Lipinski definition) is 3. The van der Waals surface area contributed by atoms with Gasteiger partial charge in [0.1, 0.15) is 0 Å². The highest BCUT2D eigenvalue weighted by Gasteiger charge is 2.54. The zero-order valence-electron chi connectivity index (χ0n) is 13.4. The van der Waals surface area contributed by atoms with E-state index in [0.717, 1.165) is 6.42 Å². The van der Waals surface area contributed by atoms with Crippen molar-refractivity contribution >= 4 is 17.2 Å². The lowest BCUT2D eigenvalue weighted by atomic mass is 9.90. The summed E-state index contributed by atoms with van der Waals surface area (Å²) in [6.45, 7) is 4.02. The van der Waals surface area contributed by atoms with Gasteiger partial charge in [0.05, 0.1) is 0 Å². The molecule has 1 aliphatic rings. The van der Waals surface area contributed by atoms with E-state index < -0.39 is 24.6 Å². The molecule has 1 amide bonds. The number of thiophene rings is 1. The SMILES string of the molecule is Cc1cc(CCCC(=O)N2CCC(O)(C(F)(F)F)CC2)c(C)s1. The van der Waals surface area contributed by atoms with E-state index in [4.69, 9.17) is 0 Å². The maximum atomic E-state index is 12.7. The van der Waals surface area contributed by atoms with Gasteiger partial charge in [-0.2, -0.15) is 13.2 Å². The average Bonchev–Trinajstić information content (AvgIpc) is 2.76. The summed E-state index contributed by atoms with van der Waals surface area (Å²) < 4.78 is 38.2. The second-order valence-corrected chi connectivity index (χ2v) is 7.66. The maximum absolute atomic E-state index is 12.7. The molecule has 0 saturated carbocycles. The van der Waals surface area contributed by atoms with Gasteiger partial charge in [0.15, 0.2) is 5.60 Å². The van der Waals surface area contributed by atoms with Crippen molar-refractivity contribution < 1.29 is 23.1 Å². The Hall–Kier alpha value is -1.08. The third-order valence-corrected chi connectivity index (χ3v) is 5.46. The summed E-state index contributed by atoms with van der Waals surface area (Å²) in [7, 11) is 0. The molecule has 0 aromatic carbocycles. The molecule has 3 nitrogen and oxygen atoms in total. The van der Waals surface area contributed by atoms with Gasteiger partial charge in [0.25, 0.3) is 0 Å². The number of hydrogen-bond donors (Lipinski definition) is 1. The number of halogens is 3. The smallest absolute Gasteiger partial charge is 0.380 e. The Balaban J connectivity index is 1.78. The Bertz CT molecular complexity index is 560. The van der Waals surface area contributed by atoms with Crippen LogP contribution in [-0.4, -0.2) is 40.8 Å². The molecule has 2 rings (SSSR count). The number of carbonyl (C=O) groups is 1. The molecule has 0 unspecified atom stereocenters. The van der Waals surface area contributed by atoms with Crippen LogP contribution in [0, 0.1) is 13.8 Å². The molecule has 0 bridgehead atoms. The van der Waals surface area contributed by atoms with Crippen molar-refractivity contribution in [3.05, 3.63) is 21.4 Å². The molecule has 1 aromatic heterocycles. The molecule has 0 spiro atoms. The number of alkyl halides is 3. The van der Waals surface area contributed by atoms with Gasteiger partial charge >= 0.3 is 6.18 Å². The number of rotatable bonds is 4. The maximum Gasteiger partial charge on any atom is 0.417 e. The highest BCUT2D eigenvalue weighted by Crippen LogP contribution is 2.38. The topological polar surface area (TPSA) is 40.5 Å². The van der Waals surface area contributed by atoms with Crippen molar-refractivity contribution in [2.75, 3.05) is 13.1 Å². The molecule has 0 aliphatic carbocycles. The van der Waals surface area contributed by atoms with Gasteiger partial charge in [-0.15, -0.1) is 11.3 Å². The Labute approximate surface area is 138 Å². The zero-order valence-corrected chi connectivity index (χ0v) is 14.2. The first kappa shape index (κ1) is 18.3. The average molecular weight is 349 g/mol. The summed E-state index contributed by atoms with van der Waals surface area (Å²) in [6.07, 6.45) is -3.68. The van der Waals surface area contributed by atoms with E-state index in [1.54, 1.807) is 11.3 Å². The molecule has 1 fully saturated rings. The Morgan fingerprint density at radius 1 is 1.35 bits per heavy atom. The van der Waals surface area contributed by atoms with Crippen LogP contribution >= 0.6 is 11.3 Å². The Kier molecular flexibility index (Phi) is 5.41. The van der Waals surface area contributed by atoms with Crippen LogP contribution in [0.3, 0.4) is 0 Å².